The van der Waals surface area contributed by atoms with Crippen molar-refractivity contribution >= 4 is 11.0 Å². The van der Waals surface area contributed by atoms with E-state index in [-0.39, 0.29) is 5.82 Å². The van der Waals surface area contributed by atoms with Crippen molar-refractivity contribution in [2.75, 3.05) is 19.6 Å². The number of rotatable bonds is 5. The van der Waals surface area contributed by atoms with Crippen LogP contribution < -0.4 is 0 Å². The monoisotopic (exact) mass is 351 g/mol. The second-order valence-electron chi connectivity index (χ2n) is 7.43. The zero-order chi connectivity index (χ0) is 17.9. The van der Waals surface area contributed by atoms with Crippen LogP contribution in [-0.4, -0.2) is 34.1 Å². The van der Waals surface area contributed by atoms with Gasteiger partial charge in [0.2, 0.25) is 0 Å². The summed E-state index contributed by atoms with van der Waals surface area (Å²) in [5, 5.41) is 0. The van der Waals surface area contributed by atoms with Crippen LogP contribution >= 0.6 is 0 Å². The number of nitrogens with zero attached hydrogens (tertiary/aromatic N) is 3. The number of piperidine rings is 1. The summed E-state index contributed by atoms with van der Waals surface area (Å²) in [6, 6.07) is 16.4. The Morgan fingerprint density at radius 2 is 1.85 bits per heavy atom. The summed E-state index contributed by atoms with van der Waals surface area (Å²) in [5.41, 5.74) is 2.84. The highest BCUT2D eigenvalue weighted by Gasteiger charge is 2.22. The van der Waals surface area contributed by atoms with E-state index < -0.39 is 0 Å². The van der Waals surface area contributed by atoms with Gasteiger partial charge in [0.25, 0.3) is 0 Å². The molecule has 0 radical (unpaired) electrons. The van der Waals surface area contributed by atoms with Crippen LogP contribution in [0.5, 0.6) is 0 Å². The molecule has 3 aromatic rings. The Balaban J connectivity index is 1.33. The molecule has 1 fully saturated rings. The van der Waals surface area contributed by atoms with Gasteiger partial charge in [-0.05, 0) is 49.4 Å². The highest BCUT2D eigenvalue weighted by molar-refractivity contribution is 5.75. The van der Waals surface area contributed by atoms with Crippen LogP contribution in [0.3, 0.4) is 0 Å². The van der Waals surface area contributed by atoms with Crippen LogP contribution in [0.2, 0.25) is 0 Å². The summed E-state index contributed by atoms with van der Waals surface area (Å²) in [5.74, 6) is 0.364. The Morgan fingerprint density at radius 1 is 1.08 bits per heavy atom. The molecule has 26 heavy (non-hydrogen) atoms. The Hall–Kier alpha value is -2.20. The molecule has 136 valence electrons. The molecule has 1 atom stereocenters. The Labute approximate surface area is 154 Å². The predicted octanol–water partition coefficient (Wildman–Crippen LogP) is 5.01. The van der Waals surface area contributed by atoms with Gasteiger partial charge in [-0.15, -0.1) is 0 Å². The van der Waals surface area contributed by atoms with E-state index in [1.807, 2.05) is 12.4 Å². The molecule has 1 saturated heterocycles. The molecule has 0 saturated carbocycles. The van der Waals surface area contributed by atoms with Crippen LogP contribution in [0.1, 0.15) is 43.7 Å². The number of likely N-dealkylation sites (tertiary alicyclic amines) is 1. The zero-order valence-electron chi connectivity index (χ0n) is 15.3. The number of imidazole rings is 1. The third-order valence-electron chi connectivity index (χ3n) is 5.75. The first-order valence-electron chi connectivity index (χ1n) is 9.60. The number of benzene rings is 2. The minimum atomic E-state index is -0.228. The summed E-state index contributed by atoms with van der Waals surface area (Å²) in [4.78, 5) is 6.85. The van der Waals surface area contributed by atoms with E-state index >= 15 is 0 Å². The molecule has 2 heterocycles. The van der Waals surface area contributed by atoms with Gasteiger partial charge in [-0.1, -0.05) is 43.3 Å². The van der Waals surface area contributed by atoms with Crippen molar-refractivity contribution in [3.8, 4) is 0 Å². The third-order valence-corrected chi connectivity index (χ3v) is 5.75. The molecule has 0 aliphatic carbocycles. The fourth-order valence-corrected chi connectivity index (χ4v) is 4.06. The van der Waals surface area contributed by atoms with Crippen LogP contribution in [0.4, 0.5) is 4.39 Å². The molecule has 2 aromatic carbocycles. The van der Waals surface area contributed by atoms with Crippen LogP contribution in [0.15, 0.2) is 54.9 Å². The number of fused-ring (bicyclic) bond motifs is 1. The maximum Gasteiger partial charge on any atom is 0.151 e. The number of hydrogen-bond acceptors (Lipinski definition) is 2. The number of aromatic nitrogens is 2. The maximum atomic E-state index is 13.9. The summed E-state index contributed by atoms with van der Waals surface area (Å²) in [6.45, 7) is 5.65. The first-order valence-corrected chi connectivity index (χ1v) is 9.60. The van der Waals surface area contributed by atoms with Gasteiger partial charge in [0.1, 0.15) is 5.52 Å². The van der Waals surface area contributed by atoms with Crippen molar-refractivity contribution in [2.24, 2.45) is 0 Å². The van der Waals surface area contributed by atoms with Gasteiger partial charge in [0.15, 0.2) is 5.82 Å². The van der Waals surface area contributed by atoms with E-state index in [9.17, 15) is 4.39 Å². The lowest BCUT2D eigenvalue weighted by atomic mass is 9.97. The minimum Gasteiger partial charge on any atom is -0.327 e. The van der Waals surface area contributed by atoms with E-state index in [2.05, 4.69) is 51.7 Å². The van der Waals surface area contributed by atoms with Crippen LogP contribution in [0, 0.1) is 5.82 Å². The van der Waals surface area contributed by atoms with Gasteiger partial charge in [0.05, 0.1) is 11.8 Å². The van der Waals surface area contributed by atoms with Gasteiger partial charge < -0.3 is 9.47 Å². The summed E-state index contributed by atoms with van der Waals surface area (Å²) >= 11 is 0. The molecule has 1 aromatic heterocycles. The summed E-state index contributed by atoms with van der Waals surface area (Å²) < 4.78 is 16.0. The average Bonchev–Trinajstić information content (AvgIpc) is 3.13. The Bertz CT molecular complexity index is 850. The van der Waals surface area contributed by atoms with Crippen LogP contribution in [-0.2, 0) is 0 Å². The standard InChI is InChI=1S/C22H26FN3/c1-17(18-6-3-2-4-7-18)10-13-25-14-11-19(12-15-25)26-16-24-22-20(23)8-5-9-21(22)26/h2-9,16-17,19H,10-15H2,1H3. The number of halogens is 1. The lowest BCUT2D eigenvalue weighted by Crippen LogP contribution is -2.35. The lowest BCUT2D eigenvalue weighted by Gasteiger charge is -2.33. The molecule has 1 aliphatic rings. The predicted molar refractivity (Wildman–Crippen MR) is 104 cm³/mol. The van der Waals surface area contributed by atoms with Crippen molar-refractivity contribution in [2.45, 2.75) is 38.1 Å². The van der Waals surface area contributed by atoms with Crippen molar-refractivity contribution in [1.29, 1.82) is 0 Å². The minimum absolute atomic E-state index is 0.228. The molecule has 0 spiro atoms. The summed E-state index contributed by atoms with van der Waals surface area (Å²) in [6.07, 6.45) is 5.20. The van der Waals surface area contributed by atoms with E-state index in [1.54, 1.807) is 6.07 Å². The smallest absolute Gasteiger partial charge is 0.151 e. The van der Waals surface area contributed by atoms with Crippen molar-refractivity contribution in [3.05, 3.63) is 66.2 Å². The first kappa shape index (κ1) is 17.2. The Kier molecular flexibility index (Phi) is 5.02. The van der Waals surface area contributed by atoms with Gasteiger partial charge in [-0.2, -0.15) is 0 Å². The lowest BCUT2D eigenvalue weighted by molar-refractivity contribution is 0.184. The largest absolute Gasteiger partial charge is 0.327 e. The molecule has 3 nitrogen and oxygen atoms in total. The molecule has 0 N–H and O–H groups in total. The molecule has 1 aliphatic heterocycles. The van der Waals surface area contributed by atoms with Crippen molar-refractivity contribution in [1.82, 2.24) is 14.5 Å². The SMILES string of the molecule is CC(CCN1CCC(n2cnc3c(F)cccc32)CC1)c1ccccc1. The number of para-hydroxylation sites is 1. The fourth-order valence-electron chi connectivity index (χ4n) is 4.06. The average molecular weight is 351 g/mol. The van der Waals surface area contributed by atoms with E-state index in [0.29, 0.717) is 17.5 Å². The molecule has 0 amide bonds. The molecule has 4 rings (SSSR count). The fraction of sp³-hybridized carbons (Fsp3) is 0.409. The third kappa shape index (κ3) is 3.51. The first-order chi connectivity index (χ1) is 12.7. The Morgan fingerprint density at radius 3 is 2.62 bits per heavy atom. The van der Waals surface area contributed by atoms with E-state index in [1.165, 1.54) is 18.1 Å². The van der Waals surface area contributed by atoms with E-state index in [0.717, 1.165) is 38.0 Å². The summed E-state index contributed by atoms with van der Waals surface area (Å²) in [7, 11) is 0. The second kappa shape index (κ2) is 7.58. The zero-order valence-corrected chi connectivity index (χ0v) is 15.3. The highest BCUT2D eigenvalue weighted by Crippen LogP contribution is 2.28. The van der Waals surface area contributed by atoms with Gasteiger partial charge >= 0.3 is 0 Å². The number of hydrogen-bond donors (Lipinski definition) is 0. The second-order valence-corrected chi connectivity index (χ2v) is 7.43. The molecule has 1 unspecified atom stereocenters. The van der Waals surface area contributed by atoms with Gasteiger partial charge in [-0.3, -0.25) is 0 Å². The highest BCUT2D eigenvalue weighted by atomic mass is 19.1. The van der Waals surface area contributed by atoms with Crippen LogP contribution in [0.25, 0.3) is 11.0 Å². The van der Waals surface area contributed by atoms with Crippen molar-refractivity contribution in [3.63, 3.8) is 0 Å². The maximum absolute atomic E-state index is 13.9. The van der Waals surface area contributed by atoms with Crippen molar-refractivity contribution < 1.29 is 4.39 Å². The molecular formula is C22H26FN3. The quantitative estimate of drug-likeness (QED) is 0.644. The molecule has 4 heteroatoms. The van der Waals surface area contributed by atoms with Gasteiger partial charge in [0, 0.05) is 19.1 Å². The molecule has 0 bridgehead atoms. The van der Waals surface area contributed by atoms with E-state index in [4.69, 9.17) is 0 Å². The topological polar surface area (TPSA) is 21.1 Å². The normalized spacial score (nSPS) is 17.6. The van der Waals surface area contributed by atoms with Gasteiger partial charge in [-0.25, -0.2) is 9.37 Å². The molecular weight excluding hydrogens is 325 g/mol.